The fraction of sp³-hybridized carbons (Fsp3) is 0.167. The van der Waals surface area contributed by atoms with Gasteiger partial charge in [-0.1, -0.05) is 30.9 Å². The highest BCUT2D eigenvalue weighted by atomic mass is 16.6. The molecule has 0 heterocycles. The molecule has 2 nitrogen and oxygen atoms in total. The molecule has 0 aliphatic carbocycles. The van der Waals surface area contributed by atoms with E-state index in [1.165, 1.54) is 6.08 Å². The Hall–Kier alpha value is -1.54. The highest BCUT2D eigenvalue weighted by Gasteiger charge is 2.22. The minimum absolute atomic E-state index is 0.311. The summed E-state index contributed by atoms with van der Waals surface area (Å²) in [5.41, 5.74) is 0. The van der Waals surface area contributed by atoms with Crippen molar-refractivity contribution < 1.29 is 9.84 Å². The van der Waals surface area contributed by atoms with Crippen molar-refractivity contribution in [2.45, 2.75) is 12.2 Å². The van der Waals surface area contributed by atoms with Gasteiger partial charge in [0, 0.05) is 6.42 Å². The van der Waals surface area contributed by atoms with Gasteiger partial charge in [0.15, 0.2) is 0 Å². The Kier molecular flexibility index (Phi) is 3.48. The van der Waals surface area contributed by atoms with Crippen molar-refractivity contribution in [2.75, 3.05) is 0 Å². The lowest BCUT2D eigenvalue weighted by atomic mass is 10.2. The molecular formula is C12H14O2. The number of aliphatic hydroxyl groups is 1. The summed E-state index contributed by atoms with van der Waals surface area (Å²) in [7, 11) is 0. The second-order valence-electron chi connectivity index (χ2n) is 2.96. The third kappa shape index (κ3) is 2.75. The van der Waals surface area contributed by atoms with Gasteiger partial charge in [-0.3, -0.25) is 0 Å². The summed E-state index contributed by atoms with van der Waals surface area (Å²) in [4.78, 5) is 0. The average molecular weight is 190 g/mol. The Balaban J connectivity index is 2.75. The summed E-state index contributed by atoms with van der Waals surface area (Å²) in [5, 5.41) is 9.86. The quantitative estimate of drug-likeness (QED) is 0.571. The predicted molar refractivity (Wildman–Crippen MR) is 57.0 cm³/mol. The molecule has 2 heteroatoms. The lowest BCUT2D eigenvalue weighted by Crippen LogP contribution is -2.32. The molecule has 1 atom stereocenters. The third-order valence-corrected chi connectivity index (χ3v) is 1.79. The molecule has 0 fully saturated rings. The Morgan fingerprint density at radius 3 is 2.43 bits per heavy atom. The van der Waals surface area contributed by atoms with E-state index in [0.717, 1.165) is 0 Å². The predicted octanol–water partition coefficient (Wildman–Crippen LogP) is 2.52. The second-order valence-corrected chi connectivity index (χ2v) is 2.96. The van der Waals surface area contributed by atoms with Crippen molar-refractivity contribution in [3.8, 4) is 5.75 Å². The fourth-order valence-electron chi connectivity index (χ4n) is 1.07. The van der Waals surface area contributed by atoms with E-state index in [-0.39, 0.29) is 0 Å². The van der Waals surface area contributed by atoms with Crippen molar-refractivity contribution in [1.29, 1.82) is 0 Å². The molecule has 1 rings (SSSR count). The lowest BCUT2D eigenvalue weighted by molar-refractivity contribution is -0.0907. The second kappa shape index (κ2) is 4.63. The zero-order valence-corrected chi connectivity index (χ0v) is 8.02. The number of para-hydroxylation sites is 1. The van der Waals surface area contributed by atoms with Crippen LogP contribution >= 0.6 is 0 Å². The van der Waals surface area contributed by atoms with Crippen molar-refractivity contribution in [3.05, 3.63) is 55.6 Å². The van der Waals surface area contributed by atoms with Crippen LogP contribution in [0.5, 0.6) is 5.75 Å². The molecule has 0 aliphatic rings. The van der Waals surface area contributed by atoms with Crippen LogP contribution in [0.2, 0.25) is 0 Å². The topological polar surface area (TPSA) is 29.5 Å². The normalized spacial score (nSPS) is 14.1. The first-order chi connectivity index (χ1) is 6.70. The summed E-state index contributed by atoms with van der Waals surface area (Å²) in [5.74, 6) is -0.750. The standard InChI is InChI=1S/C12H14O2/c1-3-10-12(13,4-2)14-11-8-6-5-7-9-11/h3-9,13H,1-2,10H2. The molecule has 1 aromatic rings. The van der Waals surface area contributed by atoms with Crippen LogP contribution in [0.4, 0.5) is 0 Å². The number of hydrogen-bond donors (Lipinski definition) is 1. The maximum Gasteiger partial charge on any atom is 0.231 e. The van der Waals surface area contributed by atoms with Crippen LogP contribution in [-0.4, -0.2) is 10.9 Å². The molecule has 1 aromatic carbocycles. The van der Waals surface area contributed by atoms with E-state index in [4.69, 9.17) is 4.74 Å². The van der Waals surface area contributed by atoms with Gasteiger partial charge in [0.05, 0.1) is 0 Å². The molecule has 1 unspecified atom stereocenters. The molecule has 0 aliphatic heterocycles. The minimum atomic E-state index is -1.36. The number of hydrogen-bond acceptors (Lipinski definition) is 2. The van der Waals surface area contributed by atoms with E-state index in [0.29, 0.717) is 12.2 Å². The Labute approximate surface area is 84.1 Å². The zero-order chi connectivity index (χ0) is 10.4. The molecule has 0 saturated heterocycles. The number of benzene rings is 1. The minimum Gasteiger partial charge on any atom is -0.459 e. The monoisotopic (exact) mass is 190 g/mol. The number of rotatable bonds is 5. The largest absolute Gasteiger partial charge is 0.459 e. The van der Waals surface area contributed by atoms with Crippen LogP contribution < -0.4 is 4.74 Å². The van der Waals surface area contributed by atoms with Crippen molar-refractivity contribution in [2.24, 2.45) is 0 Å². The third-order valence-electron chi connectivity index (χ3n) is 1.79. The molecular weight excluding hydrogens is 176 g/mol. The van der Waals surface area contributed by atoms with E-state index in [1.54, 1.807) is 18.2 Å². The smallest absolute Gasteiger partial charge is 0.231 e. The van der Waals surface area contributed by atoms with E-state index in [2.05, 4.69) is 13.2 Å². The Morgan fingerprint density at radius 2 is 1.93 bits per heavy atom. The molecule has 0 radical (unpaired) electrons. The Morgan fingerprint density at radius 1 is 1.29 bits per heavy atom. The summed E-state index contributed by atoms with van der Waals surface area (Å²) in [6.07, 6.45) is 3.26. The average Bonchev–Trinajstić information content (AvgIpc) is 2.20. The first-order valence-corrected chi connectivity index (χ1v) is 4.41. The molecule has 1 N–H and O–H groups in total. The van der Waals surface area contributed by atoms with Gasteiger partial charge in [-0.2, -0.15) is 0 Å². The van der Waals surface area contributed by atoms with Crippen LogP contribution in [0.1, 0.15) is 6.42 Å². The molecule has 0 amide bonds. The van der Waals surface area contributed by atoms with Crippen LogP contribution in [0.15, 0.2) is 55.6 Å². The summed E-state index contributed by atoms with van der Waals surface area (Å²) < 4.78 is 5.36. The number of ether oxygens (including phenoxy) is 1. The summed E-state index contributed by atoms with van der Waals surface area (Å²) >= 11 is 0. The summed E-state index contributed by atoms with van der Waals surface area (Å²) in [6, 6.07) is 9.11. The van der Waals surface area contributed by atoms with E-state index in [9.17, 15) is 5.11 Å². The SMILES string of the molecule is C=CCC(O)(C=C)Oc1ccccc1. The van der Waals surface area contributed by atoms with E-state index < -0.39 is 5.79 Å². The van der Waals surface area contributed by atoms with Gasteiger partial charge in [0.2, 0.25) is 5.79 Å². The van der Waals surface area contributed by atoms with Crippen molar-refractivity contribution >= 4 is 0 Å². The van der Waals surface area contributed by atoms with Gasteiger partial charge in [-0.25, -0.2) is 0 Å². The van der Waals surface area contributed by atoms with Gasteiger partial charge in [-0.05, 0) is 18.2 Å². The van der Waals surface area contributed by atoms with Crippen molar-refractivity contribution in [1.82, 2.24) is 0 Å². The molecule has 0 saturated carbocycles. The van der Waals surface area contributed by atoms with Crippen LogP contribution in [0, 0.1) is 0 Å². The van der Waals surface area contributed by atoms with Crippen LogP contribution in [0.25, 0.3) is 0 Å². The molecule has 0 bridgehead atoms. The van der Waals surface area contributed by atoms with Gasteiger partial charge < -0.3 is 9.84 Å². The van der Waals surface area contributed by atoms with Crippen molar-refractivity contribution in [3.63, 3.8) is 0 Å². The van der Waals surface area contributed by atoms with Gasteiger partial charge in [0.1, 0.15) is 5.75 Å². The van der Waals surface area contributed by atoms with Crippen LogP contribution in [-0.2, 0) is 0 Å². The Bertz CT molecular complexity index is 305. The molecule has 0 spiro atoms. The maximum absolute atomic E-state index is 9.86. The lowest BCUT2D eigenvalue weighted by Gasteiger charge is -2.24. The molecule has 14 heavy (non-hydrogen) atoms. The highest BCUT2D eigenvalue weighted by molar-refractivity contribution is 5.22. The summed E-state index contributed by atoms with van der Waals surface area (Å²) in [6.45, 7) is 7.07. The molecule has 74 valence electrons. The highest BCUT2D eigenvalue weighted by Crippen LogP contribution is 2.20. The van der Waals surface area contributed by atoms with Gasteiger partial charge in [-0.15, -0.1) is 6.58 Å². The molecule has 0 aromatic heterocycles. The maximum atomic E-state index is 9.86. The fourth-order valence-corrected chi connectivity index (χ4v) is 1.07. The van der Waals surface area contributed by atoms with Gasteiger partial charge in [0.25, 0.3) is 0 Å². The van der Waals surface area contributed by atoms with Crippen LogP contribution in [0.3, 0.4) is 0 Å². The first-order valence-electron chi connectivity index (χ1n) is 4.41. The van der Waals surface area contributed by atoms with E-state index in [1.807, 2.05) is 18.2 Å². The zero-order valence-electron chi connectivity index (χ0n) is 8.02. The van der Waals surface area contributed by atoms with E-state index >= 15 is 0 Å². The van der Waals surface area contributed by atoms with Gasteiger partial charge >= 0.3 is 0 Å². The first kappa shape index (κ1) is 10.5.